The normalized spacial score (nSPS) is 16.9. The Bertz CT molecular complexity index is 669. The van der Waals surface area contributed by atoms with Gasteiger partial charge < -0.3 is 0 Å². The van der Waals surface area contributed by atoms with E-state index in [1.807, 2.05) is 19.1 Å². The lowest BCUT2D eigenvalue weighted by Crippen LogP contribution is -2.33. The first-order valence-electron chi connectivity index (χ1n) is 7.02. The minimum Gasteiger partial charge on any atom is -0.207 e. The SMILES string of the molecule is C=CC(=C)C1=CCCCN(S(=O)(=O)c2ccc(C)cc2)C1. The zero-order valence-corrected chi connectivity index (χ0v) is 13.2. The largest absolute Gasteiger partial charge is 0.243 e. The van der Waals surface area contributed by atoms with Gasteiger partial charge >= 0.3 is 0 Å². The summed E-state index contributed by atoms with van der Waals surface area (Å²) in [6.07, 6.45) is 5.42. The molecule has 0 saturated carbocycles. The molecule has 3 nitrogen and oxygen atoms in total. The van der Waals surface area contributed by atoms with Crippen LogP contribution in [0.3, 0.4) is 0 Å². The number of aryl methyl sites for hydroxylation is 1. The molecule has 0 amide bonds. The molecule has 0 aromatic heterocycles. The quantitative estimate of drug-likeness (QED) is 0.799. The van der Waals surface area contributed by atoms with E-state index in [9.17, 15) is 8.42 Å². The molecule has 1 heterocycles. The summed E-state index contributed by atoms with van der Waals surface area (Å²) in [6, 6.07) is 6.98. The molecule has 0 unspecified atom stereocenters. The van der Waals surface area contributed by atoms with Crippen LogP contribution in [-0.4, -0.2) is 25.8 Å². The maximum Gasteiger partial charge on any atom is 0.243 e. The summed E-state index contributed by atoms with van der Waals surface area (Å²) in [5.41, 5.74) is 2.78. The molecule has 0 atom stereocenters. The van der Waals surface area contributed by atoms with Crippen molar-refractivity contribution in [3.63, 3.8) is 0 Å². The average molecular weight is 303 g/mol. The fraction of sp³-hybridized carbons (Fsp3) is 0.294. The Morgan fingerprint density at radius 2 is 1.95 bits per heavy atom. The van der Waals surface area contributed by atoms with Gasteiger partial charge in [-0.3, -0.25) is 0 Å². The van der Waals surface area contributed by atoms with E-state index in [1.54, 1.807) is 18.2 Å². The van der Waals surface area contributed by atoms with Gasteiger partial charge in [0.1, 0.15) is 0 Å². The second-order valence-electron chi connectivity index (χ2n) is 5.25. The first-order chi connectivity index (χ1) is 9.95. The molecule has 2 rings (SSSR count). The van der Waals surface area contributed by atoms with Gasteiger partial charge in [0.05, 0.1) is 4.90 Å². The summed E-state index contributed by atoms with van der Waals surface area (Å²) in [4.78, 5) is 0.346. The smallest absolute Gasteiger partial charge is 0.207 e. The van der Waals surface area contributed by atoms with Crippen LogP contribution < -0.4 is 0 Å². The maximum atomic E-state index is 12.8. The number of nitrogens with zero attached hydrogens (tertiary/aromatic N) is 1. The molecule has 0 radical (unpaired) electrons. The van der Waals surface area contributed by atoms with Crippen molar-refractivity contribution in [1.29, 1.82) is 0 Å². The van der Waals surface area contributed by atoms with Crippen molar-refractivity contribution in [2.45, 2.75) is 24.7 Å². The predicted molar refractivity (Wildman–Crippen MR) is 86.6 cm³/mol. The number of sulfonamides is 1. The molecule has 0 bridgehead atoms. The Kier molecular flexibility index (Phi) is 4.80. The Morgan fingerprint density at radius 3 is 2.57 bits per heavy atom. The Morgan fingerprint density at radius 1 is 1.29 bits per heavy atom. The minimum absolute atomic E-state index is 0.346. The van der Waals surface area contributed by atoms with E-state index in [1.165, 1.54) is 4.31 Å². The van der Waals surface area contributed by atoms with Gasteiger partial charge in [-0.25, -0.2) is 8.42 Å². The van der Waals surface area contributed by atoms with Crippen LogP contribution in [0.5, 0.6) is 0 Å². The van der Waals surface area contributed by atoms with Crippen LogP contribution in [0.4, 0.5) is 0 Å². The lowest BCUT2D eigenvalue weighted by atomic mass is 10.1. The van der Waals surface area contributed by atoms with Crippen LogP contribution in [0.1, 0.15) is 18.4 Å². The number of hydrogen-bond acceptors (Lipinski definition) is 2. The van der Waals surface area contributed by atoms with Crippen molar-refractivity contribution >= 4 is 10.0 Å². The van der Waals surface area contributed by atoms with Gasteiger partial charge in [-0.05, 0) is 43.0 Å². The summed E-state index contributed by atoms with van der Waals surface area (Å²) in [5.74, 6) is 0. The Balaban J connectivity index is 2.31. The highest BCUT2D eigenvalue weighted by Crippen LogP contribution is 2.23. The fourth-order valence-electron chi connectivity index (χ4n) is 2.31. The third-order valence-electron chi connectivity index (χ3n) is 3.67. The molecular formula is C17H21NO2S. The van der Waals surface area contributed by atoms with Gasteiger partial charge in [0, 0.05) is 13.1 Å². The standard InChI is InChI=1S/C17H21NO2S/c1-4-15(3)16-7-5-6-12-18(13-16)21(19,20)17-10-8-14(2)9-11-17/h4,7-11H,1,3,5-6,12-13H2,2H3. The molecule has 1 aromatic carbocycles. The highest BCUT2D eigenvalue weighted by Gasteiger charge is 2.26. The van der Waals surface area contributed by atoms with Gasteiger partial charge in [-0.15, -0.1) is 0 Å². The molecule has 4 heteroatoms. The van der Waals surface area contributed by atoms with Crippen molar-refractivity contribution < 1.29 is 8.42 Å². The summed E-state index contributed by atoms with van der Waals surface area (Å²) < 4.78 is 27.0. The van der Waals surface area contributed by atoms with E-state index in [-0.39, 0.29) is 0 Å². The Hall–Kier alpha value is -1.65. The molecule has 1 aromatic rings. The van der Waals surface area contributed by atoms with Crippen LogP contribution in [0.2, 0.25) is 0 Å². The molecule has 0 saturated heterocycles. The third kappa shape index (κ3) is 3.52. The van der Waals surface area contributed by atoms with E-state index in [0.717, 1.165) is 29.6 Å². The summed E-state index contributed by atoms with van der Waals surface area (Å²) in [5, 5.41) is 0. The first-order valence-corrected chi connectivity index (χ1v) is 8.46. The van der Waals surface area contributed by atoms with Crippen LogP contribution in [0.25, 0.3) is 0 Å². The molecule has 1 aliphatic heterocycles. The van der Waals surface area contributed by atoms with Crippen LogP contribution >= 0.6 is 0 Å². The van der Waals surface area contributed by atoms with E-state index in [4.69, 9.17) is 0 Å². The molecule has 0 aliphatic carbocycles. The molecule has 21 heavy (non-hydrogen) atoms. The van der Waals surface area contributed by atoms with Gasteiger partial charge in [0.25, 0.3) is 0 Å². The topological polar surface area (TPSA) is 37.4 Å². The molecule has 0 spiro atoms. The lowest BCUT2D eigenvalue weighted by molar-refractivity contribution is 0.438. The van der Waals surface area contributed by atoms with Gasteiger partial charge in [0.15, 0.2) is 0 Å². The van der Waals surface area contributed by atoms with Gasteiger partial charge in [-0.2, -0.15) is 4.31 Å². The minimum atomic E-state index is -3.46. The number of rotatable bonds is 4. The van der Waals surface area contributed by atoms with Crippen molar-refractivity contribution in [3.8, 4) is 0 Å². The number of benzene rings is 1. The summed E-state index contributed by atoms with van der Waals surface area (Å²) in [7, 11) is -3.46. The monoisotopic (exact) mass is 303 g/mol. The predicted octanol–water partition coefficient (Wildman–Crippen LogP) is 3.45. The van der Waals surface area contributed by atoms with E-state index < -0.39 is 10.0 Å². The van der Waals surface area contributed by atoms with Crippen LogP contribution in [-0.2, 0) is 10.0 Å². The number of allylic oxidation sites excluding steroid dienone is 2. The number of hydrogen-bond donors (Lipinski definition) is 0. The van der Waals surface area contributed by atoms with Gasteiger partial charge in [-0.1, -0.05) is 43.0 Å². The second-order valence-corrected chi connectivity index (χ2v) is 7.19. The zero-order chi connectivity index (χ0) is 15.5. The van der Waals surface area contributed by atoms with E-state index in [2.05, 4.69) is 19.2 Å². The van der Waals surface area contributed by atoms with Crippen LogP contribution in [0.15, 0.2) is 65.6 Å². The van der Waals surface area contributed by atoms with Crippen LogP contribution in [0, 0.1) is 6.92 Å². The summed E-state index contributed by atoms with van der Waals surface area (Å²) >= 11 is 0. The first kappa shape index (κ1) is 15.7. The van der Waals surface area contributed by atoms with Gasteiger partial charge in [0.2, 0.25) is 10.0 Å². The summed E-state index contributed by atoms with van der Waals surface area (Å²) in [6.45, 7) is 10.5. The Labute approximate surface area is 127 Å². The molecule has 0 fully saturated rings. The zero-order valence-electron chi connectivity index (χ0n) is 12.4. The van der Waals surface area contributed by atoms with Crippen molar-refractivity contribution in [2.24, 2.45) is 0 Å². The van der Waals surface area contributed by atoms with E-state index in [0.29, 0.717) is 18.0 Å². The highest BCUT2D eigenvalue weighted by molar-refractivity contribution is 7.89. The average Bonchev–Trinajstić information content (AvgIpc) is 2.73. The van der Waals surface area contributed by atoms with E-state index >= 15 is 0 Å². The molecular weight excluding hydrogens is 282 g/mol. The fourth-order valence-corrected chi connectivity index (χ4v) is 3.76. The van der Waals surface area contributed by atoms with Crippen molar-refractivity contribution in [3.05, 3.63) is 66.3 Å². The van der Waals surface area contributed by atoms with Crippen molar-refractivity contribution in [2.75, 3.05) is 13.1 Å². The third-order valence-corrected chi connectivity index (χ3v) is 5.53. The highest BCUT2D eigenvalue weighted by atomic mass is 32.2. The van der Waals surface area contributed by atoms with Crippen molar-refractivity contribution in [1.82, 2.24) is 4.31 Å². The molecule has 112 valence electrons. The lowest BCUT2D eigenvalue weighted by Gasteiger charge is -2.22. The second kappa shape index (κ2) is 6.41. The maximum absolute atomic E-state index is 12.8. The molecule has 0 N–H and O–H groups in total. The molecule has 1 aliphatic rings.